The van der Waals surface area contributed by atoms with Crippen LogP contribution in [0.1, 0.15) is 43.7 Å². The summed E-state index contributed by atoms with van der Waals surface area (Å²) in [7, 11) is 0. The van der Waals surface area contributed by atoms with Crippen LogP contribution in [0.2, 0.25) is 0 Å². The van der Waals surface area contributed by atoms with E-state index in [1.54, 1.807) is 0 Å². The average molecular weight is 562 g/mol. The van der Waals surface area contributed by atoms with Crippen LogP contribution in [0, 0.1) is 5.92 Å². The van der Waals surface area contributed by atoms with Crippen molar-refractivity contribution in [3.05, 3.63) is 99.4 Å². The normalized spacial score (nSPS) is 22.4. The fourth-order valence-electron chi connectivity index (χ4n) is 4.71. The van der Waals surface area contributed by atoms with Gasteiger partial charge in [0.1, 0.15) is 12.4 Å². The maximum Gasteiger partial charge on any atom is 0.267 e. The van der Waals surface area contributed by atoms with Gasteiger partial charge in [-0.15, -0.1) is 0 Å². The number of aliphatic imine (C=N–C) groups is 1. The molecule has 1 heterocycles. The number of carbonyl (C=O) groups excluding carboxylic acids is 1. The van der Waals surface area contributed by atoms with E-state index in [1.165, 1.54) is 18.2 Å². The Hall–Kier alpha value is -2.83. The number of amides is 1. The number of amidine groups is 1. The quantitative estimate of drug-likeness (QED) is 0.285. The van der Waals surface area contributed by atoms with E-state index in [2.05, 4.69) is 22.9 Å². The van der Waals surface area contributed by atoms with Crippen molar-refractivity contribution < 1.29 is 9.53 Å². The molecule has 184 valence electrons. The van der Waals surface area contributed by atoms with Gasteiger partial charge in [-0.05, 0) is 84.1 Å². The molecule has 1 saturated heterocycles. The van der Waals surface area contributed by atoms with Crippen molar-refractivity contribution in [1.29, 1.82) is 0 Å². The van der Waals surface area contributed by atoms with Gasteiger partial charge in [-0.25, -0.2) is 4.99 Å². The second kappa shape index (κ2) is 11.5. The topological polar surface area (TPSA) is 41.9 Å². The van der Waals surface area contributed by atoms with Crippen LogP contribution in [0.4, 0.5) is 5.69 Å². The van der Waals surface area contributed by atoms with E-state index in [4.69, 9.17) is 9.73 Å². The Morgan fingerprint density at radius 2 is 1.72 bits per heavy atom. The van der Waals surface area contributed by atoms with Crippen LogP contribution in [0.3, 0.4) is 0 Å². The summed E-state index contributed by atoms with van der Waals surface area (Å²) < 4.78 is 6.99. The summed E-state index contributed by atoms with van der Waals surface area (Å²) in [6, 6.07) is 26.1. The summed E-state index contributed by atoms with van der Waals surface area (Å²) in [4.78, 5) is 21.2. The zero-order chi connectivity index (χ0) is 24.9. The number of halogens is 1. The van der Waals surface area contributed by atoms with E-state index in [0.717, 1.165) is 51.5 Å². The monoisotopic (exact) mass is 560 g/mol. The van der Waals surface area contributed by atoms with E-state index >= 15 is 0 Å². The average Bonchev–Trinajstić information content (AvgIpc) is 3.19. The van der Waals surface area contributed by atoms with Gasteiger partial charge in [0.05, 0.1) is 10.6 Å². The number of rotatable bonds is 6. The molecule has 5 rings (SSSR count). The maximum absolute atomic E-state index is 13.6. The van der Waals surface area contributed by atoms with Crippen LogP contribution >= 0.6 is 27.7 Å². The molecule has 0 radical (unpaired) electrons. The van der Waals surface area contributed by atoms with Crippen LogP contribution in [-0.4, -0.2) is 22.0 Å². The fourth-order valence-corrected chi connectivity index (χ4v) is 6.02. The molecule has 0 N–H and O–H groups in total. The SMILES string of the molecule is C[C@@H]1CCCC[C@@H]1N1C(=O)/C(=C/c2ccc(OCc3ccc(Br)cc3)cc2)SC1=Nc1ccccc1. The van der Waals surface area contributed by atoms with E-state index < -0.39 is 0 Å². The van der Waals surface area contributed by atoms with Crippen molar-refractivity contribution in [3.8, 4) is 5.75 Å². The summed E-state index contributed by atoms with van der Waals surface area (Å²) in [5.41, 5.74) is 2.95. The minimum Gasteiger partial charge on any atom is -0.489 e. The first-order chi connectivity index (χ1) is 17.6. The van der Waals surface area contributed by atoms with Gasteiger partial charge < -0.3 is 4.74 Å². The number of ether oxygens (including phenoxy) is 1. The van der Waals surface area contributed by atoms with Gasteiger partial charge in [0.15, 0.2) is 5.17 Å². The summed E-state index contributed by atoms with van der Waals surface area (Å²) in [5, 5.41) is 0.783. The highest BCUT2D eigenvalue weighted by molar-refractivity contribution is 9.10. The number of carbonyl (C=O) groups is 1. The van der Waals surface area contributed by atoms with Crippen molar-refractivity contribution in [2.45, 2.75) is 45.3 Å². The molecule has 4 nitrogen and oxygen atoms in total. The van der Waals surface area contributed by atoms with E-state index in [0.29, 0.717) is 17.4 Å². The number of hydrogen-bond acceptors (Lipinski definition) is 4. The molecular formula is C30H29BrN2O2S. The molecule has 36 heavy (non-hydrogen) atoms. The first-order valence-electron chi connectivity index (χ1n) is 12.4. The van der Waals surface area contributed by atoms with Crippen LogP contribution < -0.4 is 4.74 Å². The van der Waals surface area contributed by atoms with Crippen molar-refractivity contribution in [1.82, 2.24) is 4.90 Å². The summed E-state index contributed by atoms with van der Waals surface area (Å²) in [6.45, 7) is 2.77. The van der Waals surface area contributed by atoms with Crippen molar-refractivity contribution in [2.75, 3.05) is 0 Å². The molecule has 2 aliphatic rings. The standard InChI is InChI=1S/C30H29BrN2O2S/c1-21-7-5-6-10-27(21)33-29(34)28(36-30(33)32-25-8-3-2-4-9-25)19-22-13-17-26(18-14-22)35-20-23-11-15-24(31)16-12-23/h2-4,8-9,11-19,21,27H,5-7,10,20H2,1H3/b28-19-,32-30?/t21-,27+/m1/s1. The number of para-hydroxylation sites is 1. The molecule has 1 aliphatic heterocycles. The Balaban J connectivity index is 1.35. The third-order valence-corrected chi connectivity index (χ3v) is 8.22. The maximum atomic E-state index is 13.6. The van der Waals surface area contributed by atoms with Crippen LogP contribution in [0.25, 0.3) is 6.08 Å². The number of benzene rings is 3. The molecule has 0 spiro atoms. The highest BCUT2D eigenvalue weighted by Gasteiger charge is 2.41. The Labute approximate surface area is 225 Å². The van der Waals surface area contributed by atoms with E-state index in [-0.39, 0.29) is 11.9 Å². The molecule has 1 amide bonds. The second-order valence-corrected chi connectivity index (χ2v) is 11.3. The van der Waals surface area contributed by atoms with Gasteiger partial charge in [0, 0.05) is 10.5 Å². The number of nitrogens with zero attached hydrogens (tertiary/aromatic N) is 2. The van der Waals surface area contributed by atoms with Gasteiger partial charge >= 0.3 is 0 Å². The van der Waals surface area contributed by atoms with Crippen molar-refractivity contribution in [2.24, 2.45) is 10.9 Å². The number of thioether (sulfide) groups is 1. The molecule has 1 saturated carbocycles. The minimum atomic E-state index is 0.0593. The third kappa shape index (κ3) is 5.93. The van der Waals surface area contributed by atoms with E-state index in [9.17, 15) is 4.79 Å². The summed E-state index contributed by atoms with van der Waals surface area (Å²) in [6.07, 6.45) is 6.54. The van der Waals surface area contributed by atoms with Crippen molar-refractivity contribution >= 4 is 50.5 Å². The van der Waals surface area contributed by atoms with Crippen LogP contribution in [0.5, 0.6) is 5.75 Å². The Kier molecular flexibility index (Phi) is 7.93. The van der Waals surface area contributed by atoms with Crippen molar-refractivity contribution in [3.63, 3.8) is 0 Å². The molecule has 0 unspecified atom stereocenters. The smallest absolute Gasteiger partial charge is 0.267 e. The predicted molar refractivity (Wildman–Crippen MR) is 152 cm³/mol. The van der Waals surface area contributed by atoms with Gasteiger partial charge in [0.25, 0.3) is 5.91 Å². The Morgan fingerprint density at radius 3 is 2.44 bits per heavy atom. The highest BCUT2D eigenvalue weighted by Crippen LogP contribution is 2.40. The first kappa shape index (κ1) is 24.8. The molecule has 3 aromatic rings. The minimum absolute atomic E-state index is 0.0593. The van der Waals surface area contributed by atoms with Crippen LogP contribution in [0.15, 0.2) is 93.2 Å². The molecule has 2 atom stereocenters. The zero-order valence-electron chi connectivity index (χ0n) is 20.3. The predicted octanol–water partition coefficient (Wildman–Crippen LogP) is 8.21. The molecule has 0 aromatic heterocycles. The molecular weight excluding hydrogens is 532 g/mol. The molecule has 2 fully saturated rings. The van der Waals surface area contributed by atoms with Gasteiger partial charge in [-0.3, -0.25) is 9.69 Å². The highest BCUT2D eigenvalue weighted by atomic mass is 79.9. The second-order valence-electron chi connectivity index (χ2n) is 9.33. The summed E-state index contributed by atoms with van der Waals surface area (Å²) >= 11 is 4.93. The first-order valence-corrected chi connectivity index (χ1v) is 14.0. The molecule has 0 bridgehead atoms. The van der Waals surface area contributed by atoms with Crippen LogP contribution in [-0.2, 0) is 11.4 Å². The fraction of sp³-hybridized carbons (Fsp3) is 0.267. The lowest BCUT2D eigenvalue weighted by molar-refractivity contribution is -0.124. The Bertz CT molecular complexity index is 1260. The largest absolute Gasteiger partial charge is 0.489 e. The summed E-state index contributed by atoms with van der Waals surface area (Å²) in [5.74, 6) is 1.32. The molecule has 6 heteroatoms. The van der Waals surface area contributed by atoms with E-state index in [1.807, 2.05) is 89.8 Å². The van der Waals surface area contributed by atoms with Gasteiger partial charge in [-0.1, -0.05) is 78.2 Å². The van der Waals surface area contributed by atoms with Gasteiger partial charge in [0.2, 0.25) is 0 Å². The number of hydrogen-bond donors (Lipinski definition) is 0. The molecule has 1 aliphatic carbocycles. The lowest BCUT2D eigenvalue weighted by Gasteiger charge is -2.35. The lowest BCUT2D eigenvalue weighted by Crippen LogP contribution is -2.44. The van der Waals surface area contributed by atoms with Gasteiger partial charge in [-0.2, -0.15) is 0 Å². The Morgan fingerprint density at radius 1 is 1.00 bits per heavy atom. The zero-order valence-corrected chi connectivity index (χ0v) is 22.7. The lowest BCUT2D eigenvalue weighted by atomic mass is 9.85. The third-order valence-electron chi connectivity index (χ3n) is 6.71. The molecule has 3 aromatic carbocycles.